The lowest BCUT2D eigenvalue weighted by atomic mass is 9.96. The lowest BCUT2D eigenvalue weighted by Crippen LogP contribution is -2.40. The molecular weight excluding hydrogens is 340 g/mol. The lowest BCUT2D eigenvalue weighted by molar-refractivity contribution is 0.0697. The molecule has 7 nitrogen and oxygen atoms in total. The lowest BCUT2D eigenvalue weighted by Gasteiger charge is -2.32. The van der Waals surface area contributed by atoms with E-state index in [1.807, 2.05) is 36.4 Å². The third kappa shape index (κ3) is 3.86. The largest absolute Gasteiger partial charge is 0.337 e. The van der Waals surface area contributed by atoms with Crippen molar-refractivity contribution in [1.29, 1.82) is 0 Å². The van der Waals surface area contributed by atoms with Gasteiger partial charge in [-0.3, -0.25) is 14.8 Å². The van der Waals surface area contributed by atoms with Gasteiger partial charge in [-0.1, -0.05) is 0 Å². The van der Waals surface area contributed by atoms with E-state index < -0.39 is 0 Å². The summed E-state index contributed by atoms with van der Waals surface area (Å²) < 4.78 is 2.17. The number of aryl methyl sites for hydroxylation is 1. The number of rotatable bonds is 4. The van der Waals surface area contributed by atoms with Gasteiger partial charge in [-0.05, 0) is 37.5 Å². The first kappa shape index (κ1) is 17.3. The number of carbonyl (C=O) groups excluding carboxylic acids is 1. The molecular formula is C20H22N6O. The molecule has 1 aliphatic rings. The first-order valence-corrected chi connectivity index (χ1v) is 9.18. The molecule has 3 aromatic heterocycles. The van der Waals surface area contributed by atoms with E-state index in [1.165, 1.54) is 5.56 Å². The summed E-state index contributed by atoms with van der Waals surface area (Å²) in [4.78, 5) is 31.8. The van der Waals surface area contributed by atoms with Crippen LogP contribution in [-0.4, -0.2) is 48.4 Å². The summed E-state index contributed by atoms with van der Waals surface area (Å²) in [6.45, 7) is 4.02. The fourth-order valence-corrected chi connectivity index (χ4v) is 3.54. The molecule has 0 N–H and O–H groups in total. The second-order valence-corrected chi connectivity index (χ2v) is 6.90. The van der Waals surface area contributed by atoms with Gasteiger partial charge in [0.2, 0.25) is 0 Å². The highest BCUT2D eigenvalue weighted by atomic mass is 16.2. The van der Waals surface area contributed by atoms with E-state index in [0.717, 1.165) is 37.4 Å². The van der Waals surface area contributed by atoms with Gasteiger partial charge in [0.05, 0.1) is 11.9 Å². The van der Waals surface area contributed by atoms with Crippen LogP contribution in [0.2, 0.25) is 0 Å². The second-order valence-electron chi connectivity index (χ2n) is 6.90. The van der Waals surface area contributed by atoms with Gasteiger partial charge in [-0.15, -0.1) is 0 Å². The van der Waals surface area contributed by atoms with Crippen LogP contribution in [0.25, 0.3) is 0 Å². The molecule has 7 heteroatoms. The van der Waals surface area contributed by atoms with Crippen LogP contribution in [0.5, 0.6) is 0 Å². The maximum atomic E-state index is 12.8. The average Bonchev–Trinajstić information content (AvgIpc) is 3.17. The van der Waals surface area contributed by atoms with Gasteiger partial charge in [-0.25, -0.2) is 9.97 Å². The molecule has 1 aliphatic heterocycles. The van der Waals surface area contributed by atoms with E-state index in [1.54, 1.807) is 24.8 Å². The van der Waals surface area contributed by atoms with Crippen molar-refractivity contribution in [3.8, 4) is 0 Å². The maximum absolute atomic E-state index is 12.8. The Hall–Kier alpha value is -3.09. The number of piperidine rings is 1. The van der Waals surface area contributed by atoms with Gasteiger partial charge in [-0.2, -0.15) is 0 Å². The summed E-state index contributed by atoms with van der Waals surface area (Å²) in [7, 11) is 0. The highest BCUT2D eigenvalue weighted by Crippen LogP contribution is 2.27. The van der Waals surface area contributed by atoms with Gasteiger partial charge in [0.1, 0.15) is 11.5 Å². The Labute approximate surface area is 158 Å². The van der Waals surface area contributed by atoms with E-state index in [4.69, 9.17) is 0 Å². The van der Waals surface area contributed by atoms with Crippen LogP contribution >= 0.6 is 0 Å². The summed E-state index contributed by atoms with van der Waals surface area (Å²) in [6.07, 6.45) is 12.6. The minimum absolute atomic E-state index is 0.0561. The first-order chi connectivity index (χ1) is 13.2. The number of aromatic nitrogens is 5. The smallest absolute Gasteiger partial charge is 0.274 e. The van der Waals surface area contributed by atoms with Gasteiger partial charge in [0, 0.05) is 56.5 Å². The molecule has 1 unspecified atom stereocenters. The van der Waals surface area contributed by atoms with Crippen LogP contribution in [0.15, 0.2) is 49.3 Å². The molecule has 138 valence electrons. The van der Waals surface area contributed by atoms with Crippen LogP contribution in [0.3, 0.4) is 0 Å². The Morgan fingerprint density at radius 1 is 1.15 bits per heavy atom. The number of pyridine rings is 1. The van der Waals surface area contributed by atoms with Crippen molar-refractivity contribution in [2.24, 2.45) is 0 Å². The molecule has 27 heavy (non-hydrogen) atoms. The molecule has 0 bridgehead atoms. The number of amides is 1. The quantitative estimate of drug-likeness (QED) is 0.712. The minimum Gasteiger partial charge on any atom is -0.337 e. The fourth-order valence-electron chi connectivity index (χ4n) is 3.54. The van der Waals surface area contributed by atoms with Crippen molar-refractivity contribution >= 4 is 5.91 Å². The third-order valence-electron chi connectivity index (χ3n) is 4.92. The van der Waals surface area contributed by atoms with Crippen molar-refractivity contribution in [1.82, 2.24) is 29.4 Å². The monoisotopic (exact) mass is 362 g/mol. The van der Waals surface area contributed by atoms with Gasteiger partial charge < -0.3 is 9.47 Å². The predicted octanol–water partition coefficient (Wildman–Crippen LogP) is 2.44. The van der Waals surface area contributed by atoms with Crippen LogP contribution in [0.1, 0.15) is 46.3 Å². The topological polar surface area (TPSA) is 76.8 Å². The molecule has 0 radical (unpaired) electrons. The molecule has 1 atom stereocenters. The minimum atomic E-state index is -0.0561. The summed E-state index contributed by atoms with van der Waals surface area (Å²) in [6, 6.07) is 4.02. The Morgan fingerprint density at radius 3 is 2.78 bits per heavy atom. The van der Waals surface area contributed by atoms with Crippen molar-refractivity contribution in [2.75, 3.05) is 13.1 Å². The molecule has 0 aromatic carbocycles. The highest BCUT2D eigenvalue weighted by Gasteiger charge is 2.28. The Bertz CT molecular complexity index is 906. The van der Waals surface area contributed by atoms with Gasteiger partial charge in [0.15, 0.2) is 0 Å². The third-order valence-corrected chi connectivity index (χ3v) is 4.92. The van der Waals surface area contributed by atoms with Crippen molar-refractivity contribution in [3.05, 3.63) is 72.1 Å². The highest BCUT2D eigenvalue weighted by molar-refractivity contribution is 5.92. The molecule has 1 saturated heterocycles. The number of hydrogen-bond acceptors (Lipinski definition) is 5. The molecule has 0 saturated carbocycles. The summed E-state index contributed by atoms with van der Waals surface area (Å²) in [5.74, 6) is 1.19. The van der Waals surface area contributed by atoms with Crippen molar-refractivity contribution in [2.45, 2.75) is 32.2 Å². The predicted molar refractivity (Wildman–Crippen MR) is 100 cm³/mol. The molecule has 4 rings (SSSR count). The van der Waals surface area contributed by atoms with E-state index in [9.17, 15) is 4.79 Å². The van der Waals surface area contributed by atoms with E-state index in [0.29, 0.717) is 12.2 Å². The zero-order valence-electron chi connectivity index (χ0n) is 15.3. The Morgan fingerprint density at radius 2 is 2.00 bits per heavy atom. The van der Waals surface area contributed by atoms with Crippen LogP contribution in [0.4, 0.5) is 0 Å². The molecule has 0 aliphatic carbocycles. The fraction of sp³-hybridized carbons (Fsp3) is 0.350. The summed E-state index contributed by atoms with van der Waals surface area (Å²) in [5, 5.41) is 0. The Balaban J connectivity index is 1.50. The normalized spacial score (nSPS) is 17.1. The van der Waals surface area contributed by atoms with Crippen molar-refractivity contribution in [3.63, 3.8) is 0 Å². The zero-order chi connectivity index (χ0) is 18.6. The van der Waals surface area contributed by atoms with Crippen LogP contribution < -0.4 is 0 Å². The average molecular weight is 362 g/mol. The Kier molecular flexibility index (Phi) is 4.91. The number of imidazole rings is 1. The molecule has 3 aromatic rings. The van der Waals surface area contributed by atoms with E-state index in [-0.39, 0.29) is 11.8 Å². The number of carbonyl (C=O) groups is 1. The SMILES string of the molecule is Cc1cnc(C(=O)N2CCCC(c3nccn3Cc3ccncc3)C2)cn1. The van der Waals surface area contributed by atoms with E-state index >= 15 is 0 Å². The van der Waals surface area contributed by atoms with E-state index in [2.05, 4.69) is 24.5 Å². The molecule has 1 amide bonds. The van der Waals surface area contributed by atoms with Crippen LogP contribution in [0, 0.1) is 6.92 Å². The number of likely N-dealkylation sites (tertiary alicyclic amines) is 1. The first-order valence-electron chi connectivity index (χ1n) is 9.18. The maximum Gasteiger partial charge on any atom is 0.274 e. The number of nitrogens with zero attached hydrogens (tertiary/aromatic N) is 6. The number of hydrogen-bond donors (Lipinski definition) is 0. The molecule has 1 fully saturated rings. The van der Waals surface area contributed by atoms with Crippen molar-refractivity contribution < 1.29 is 4.79 Å². The summed E-state index contributed by atoms with van der Waals surface area (Å²) in [5.41, 5.74) is 2.39. The zero-order valence-corrected chi connectivity index (χ0v) is 15.3. The van der Waals surface area contributed by atoms with Gasteiger partial charge in [0.25, 0.3) is 5.91 Å². The molecule has 0 spiro atoms. The summed E-state index contributed by atoms with van der Waals surface area (Å²) >= 11 is 0. The van der Waals surface area contributed by atoms with Gasteiger partial charge >= 0.3 is 0 Å². The van der Waals surface area contributed by atoms with Crippen LogP contribution in [-0.2, 0) is 6.54 Å². The second kappa shape index (κ2) is 7.65. The standard InChI is InChI=1S/C20H22N6O/c1-15-11-24-18(12-23-15)20(27)26-9-2-3-17(14-26)19-22-8-10-25(19)13-16-4-6-21-7-5-16/h4-8,10-12,17H,2-3,9,13-14H2,1H3. The molecule has 4 heterocycles.